The molecule has 47 heavy (non-hydrogen) atoms. The van der Waals surface area contributed by atoms with Gasteiger partial charge in [-0.1, -0.05) is 83.2 Å². The second-order valence-electron chi connectivity index (χ2n) is 10.8. The average Bonchev–Trinajstić information content (AvgIpc) is 3.54. The lowest BCUT2D eigenvalue weighted by atomic mass is 9.82. The number of para-hydroxylation sites is 1. The Morgan fingerprint density at radius 3 is 2.51 bits per heavy atom. The lowest BCUT2D eigenvalue weighted by Crippen LogP contribution is -2.33. The summed E-state index contributed by atoms with van der Waals surface area (Å²) in [4.78, 5) is 56.7. The van der Waals surface area contributed by atoms with Crippen LogP contribution in [0.1, 0.15) is 21.9 Å². The number of nitrogens with zero attached hydrogens (tertiary/aromatic N) is 1. The number of thiazole rings is 1. The zero-order valence-corrected chi connectivity index (χ0v) is 26.2. The number of benzene rings is 4. The van der Waals surface area contributed by atoms with E-state index in [1.165, 1.54) is 30.3 Å². The summed E-state index contributed by atoms with van der Waals surface area (Å²) in [5.41, 5.74) is -0.826. The molecule has 0 saturated carbocycles. The number of ether oxygens (including phenoxy) is 1. The van der Waals surface area contributed by atoms with Crippen LogP contribution in [0.25, 0.3) is 10.8 Å². The summed E-state index contributed by atoms with van der Waals surface area (Å²) in [6.07, 6.45) is -4.83. The third kappa shape index (κ3) is 5.57. The van der Waals surface area contributed by atoms with Gasteiger partial charge in [-0.15, -0.1) is 0 Å². The van der Waals surface area contributed by atoms with Crippen molar-refractivity contribution in [3.8, 4) is 5.75 Å². The highest BCUT2D eigenvalue weighted by Crippen LogP contribution is 2.55. The van der Waals surface area contributed by atoms with Crippen LogP contribution in [-0.4, -0.2) is 34.6 Å². The van der Waals surface area contributed by atoms with E-state index in [-0.39, 0.29) is 10.8 Å². The first-order chi connectivity index (χ1) is 22.5. The van der Waals surface area contributed by atoms with Gasteiger partial charge in [0, 0.05) is 32.5 Å². The molecule has 0 spiro atoms. The highest BCUT2D eigenvalue weighted by molar-refractivity contribution is 8.00. The van der Waals surface area contributed by atoms with Crippen LogP contribution in [0.2, 0.25) is 5.02 Å². The lowest BCUT2D eigenvalue weighted by molar-refractivity contribution is -0.137. The quantitative estimate of drug-likeness (QED) is 0.184. The predicted molar refractivity (Wildman–Crippen MR) is 173 cm³/mol. The maximum absolute atomic E-state index is 14.1. The van der Waals surface area contributed by atoms with E-state index in [9.17, 15) is 32.3 Å². The van der Waals surface area contributed by atoms with Gasteiger partial charge in [-0.25, -0.2) is 4.90 Å². The highest BCUT2D eigenvalue weighted by Gasteiger charge is 2.57. The molecule has 7 rings (SSSR count). The number of aromatic amines is 1. The van der Waals surface area contributed by atoms with Crippen LogP contribution < -0.4 is 19.8 Å². The minimum absolute atomic E-state index is 0.152. The summed E-state index contributed by atoms with van der Waals surface area (Å²) in [6, 6.07) is 21.9. The summed E-state index contributed by atoms with van der Waals surface area (Å²) in [6.45, 7) is -0.443. The lowest BCUT2D eigenvalue weighted by Gasteiger charge is -2.31. The van der Waals surface area contributed by atoms with E-state index in [2.05, 4.69) is 10.3 Å². The van der Waals surface area contributed by atoms with Gasteiger partial charge in [0.25, 0.3) is 5.91 Å². The van der Waals surface area contributed by atoms with Gasteiger partial charge in [0.2, 0.25) is 11.8 Å². The molecule has 14 heteroatoms. The molecule has 4 aromatic carbocycles. The standard InChI is InChI=1S/C33H21ClF3N3O5S2/c34-17-12-13-23(45-15-24(41)38-21-10-5-7-16-6-1-2-8-18(16)21)19(14-17)25-26-28(46-29-27(25)47-32(44)39-29)31(43)40(30(26)42)22-11-4-3-9-20(22)33(35,36)37/h1-14,25-26,28H,15H2,(H,38,41)(H,39,44)/t25-,26?,28?/m1/s1. The zero-order valence-electron chi connectivity index (χ0n) is 23.8. The molecule has 2 aliphatic heterocycles. The molecule has 5 aromatic rings. The van der Waals surface area contributed by atoms with Gasteiger partial charge >= 0.3 is 11.0 Å². The molecule has 1 saturated heterocycles. The Labute approximate surface area is 277 Å². The number of fused-ring (bicyclic) bond motifs is 3. The SMILES string of the molecule is O=C(COc1ccc(Cl)cc1[C@H]1c2sc(=O)[nH]c2SC2C(=O)N(c3ccccc3C(F)(F)F)C(=O)C21)Nc1cccc2ccccc12. The predicted octanol–water partition coefficient (Wildman–Crippen LogP) is 7.08. The van der Waals surface area contributed by atoms with Gasteiger partial charge in [-0.3, -0.25) is 19.2 Å². The van der Waals surface area contributed by atoms with E-state index in [1.807, 2.05) is 36.4 Å². The second-order valence-corrected chi connectivity index (χ2v) is 13.4. The van der Waals surface area contributed by atoms with Crippen molar-refractivity contribution in [3.05, 3.63) is 116 Å². The molecule has 0 radical (unpaired) electrons. The van der Waals surface area contributed by atoms with Gasteiger partial charge in [0.1, 0.15) is 11.0 Å². The number of anilines is 2. The fourth-order valence-corrected chi connectivity index (χ4v) is 8.74. The molecule has 1 aromatic heterocycles. The number of alkyl halides is 3. The van der Waals surface area contributed by atoms with Crippen molar-refractivity contribution < 1.29 is 32.3 Å². The Kier molecular flexibility index (Phi) is 7.85. The first-order valence-corrected chi connectivity index (χ1v) is 16.2. The maximum atomic E-state index is 14.1. The first kappa shape index (κ1) is 31.0. The van der Waals surface area contributed by atoms with Gasteiger partial charge in [-0.05, 0) is 41.8 Å². The van der Waals surface area contributed by atoms with Crippen molar-refractivity contribution in [1.29, 1.82) is 0 Å². The number of carbonyl (C=O) groups excluding carboxylic acids is 3. The molecule has 0 aliphatic carbocycles. The number of thioether (sulfide) groups is 1. The van der Waals surface area contributed by atoms with Crippen LogP contribution in [0, 0.1) is 5.92 Å². The topological polar surface area (TPSA) is 109 Å². The summed E-state index contributed by atoms with van der Waals surface area (Å²) in [5.74, 6) is -4.25. The summed E-state index contributed by atoms with van der Waals surface area (Å²) < 4.78 is 47.9. The Balaban J connectivity index is 1.25. The zero-order chi connectivity index (χ0) is 33.0. The number of halogens is 4. The number of aromatic nitrogens is 1. The maximum Gasteiger partial charge on any atom is 0.418 e. The number of nitrogens with one attached hydrogen (secondary N) is 2. The van der Waals surface area contributed by atoms with Crippen molar-refractivity contribution in [3.63, 3.8) is 0 Å². The van der Waals surface area contributed by atoms with E-state index in [0.29, 0.717) is 26.1 Å². The number of rotatable bonds is 6. The minimum atomic E-state index is -4.83. The van der Waals surface area contributed by atoms with E-state index in [1.54, 1.807) is 6.07 Å². The molecular formula is C33H21ClF3N3O5S2. The molecule has 2 aliphatic rings. The minimum Gasteiger partial charge on any atom is -0.483 e. The largest absolute Gasteiger partial charge is 0.483 e. The summed E-state index contributed by atoms with van der Waals surface area (Å²) >= 11 is 8.15. The number of H-pyrrole nitrogens is 1. The first-order valence-electron chi connectivity index (χ1n) is 14.1. The normalized spacial score (nSPS) is 19.1. The number of hydrogen-bond donors (Lipinski definition) is 2. The van der Waals surface area contributed by atoms with Crippen LogP contribution >= 0.6 is 34.7 Å². The number of hydrogen-bond acceptors (Lipinski definition) is 7. The molecule has 3 heterocycles. The summed E-state index contributed by atoms with van der Waals surface area (Å²) in [7, 11) is 0. The van der Waals surface area contributed by atoms with E-state index in [4.69, 9.17) is 16.3 Å². The van der Waals surface area contributed by atoms with Crippen molar-refractivity contribution in [2.45, 2.75) is 22.4 Å². The van der Waals surface area contributed by atoms with Crippen LogP contribution in [0.4, 0.5) is 24.5 Å². The van der Waals surface area contributed by atoms with Crippen LogP contribution in [-0.2, 0) is 20.6 Å². The van der Waals surface area contributed by atoms with Gasteiger partial charge < -0.3 is 15.0 Å². The highest BCUT2D eigenvalue weighted by atomic mass is 35.5. The van der Waals surface area contributed by atoms with E-state index in [0.717, 1.165) is 46.0 Å². The van der Waals surface area contributed by atoms with Crippen LogP contribution in [0.3, 0.4) is 0 Å². The second kappa shape index (κ2) is 11.9. The molecule has 3 atom stereocenters. The van der Waals surface area contributed by atoms with E-state index < -0.39 is 63.7 Å². The fourth-order valence-electron chi connectivity index (χ4n) is 6.06. The number of carbonyl (C=O) groups is 3. The molecule has 0 bridgehead atoms. The van der Waals surface area contributed by atoms with Gasteiger partial charge in [0.05, 0.1) is 22.2 Å². The van der Waals surface area contributed by atoms with Crippen molar-refractivity contribution in [2.75, 3.05) is 16.8 Å². The van der Waals surface area contributed by atoms with Gasteiger partial charge in [-0.2, -0.15) is 13.2 Å². The number of imide groups is 1. The van der Waals surface area contributed by atoms with Crippen molar-refractivity contribution >= 4 is 74.6 Å². The average molecular weight is 696 g/mol. The molecular weight excluding hydrogens is 675 g/mol. The molecule has 8 nitrogen and oxygen atoms in total. The third-order valence-corrected chi connectivity index (χ3v) is 10.6. The van der Waals surface area contributed by atoms with E-state index >= 15 is 0 Å². The Hall–Kier alpha value is -4.59. The third-order valence-electron chi connectivity index (χ3n) is 8.00. The van der Waals surface area contributed by atoms with Crippen molar-refractivity contribution in [2.24, 2.45) is 5.92 Å². The van der Waals surface area contributed by atoms with Gasteiger partial charge in [0.15, 0.2) is 6.61 Å². The molecule has 2 N–H and O–H groups in total. The fraction of sp³-hybridized carbons (Fsp3) is 0.152. The monoisotopic (exact) mass is 695 g/mol. The Bertz CT molecular complexity index is 2140. The molecule has 1 fully saturated rings. The Morgan fingerprint density at radius 2 is 1.70 bits per heavy atom. The molecule has 2 unspecified atom stereocenters. The molecule has 3 amide bonds. The summed E-state index contributed by atoms with van der Waals surface area (Å²) in [5, 5.41) is 4.00. The molecule has 238 valence electrons. The Morgan fingerprint density at radius 1 is 0.957 bits per heavy atom. The van der Waals surface area contributed by atoms with Crippen molar-refractivity contribution in [1.82, 2.24) is 4.98 Å². The van der Waals surface area contributed by atoms with Crippen LogP contribution in [0.5, 0.6) is 5.75 Å². The smallest absolute Gasteiger partial charge is 0.418 e. The van der Waals surface area contributed by atoms with Crippen LogP contribution in [0.15, 0.2) is 94.7 Å². The number of amides is 3.